The van der Waals surface area contributed by atoms with Crippen LogP contribution in [-0.2, 0) is 14.8 Å². The fraction of sp³-hybridized carbons (Fsp3) is 0.167. The van der Waals surface area contributed by atoms with E-state index in [2.05, 4.69) is 10.0 Å². The van der Waals surface area contributed by atoms with Gasteiger partial charge in [-0.05, 0) is 24.6 Å². The third-order valence-corrected chi connectivity index (χ3v) is 6.80. The van der Waals surface area contributed by atoms with Gasteiger partial charge in [-0.1, -0.05) is 102 Å². The van der Waals surface area contributed by atoms with Crippen LogP contribution >= 0.6 is 23.2 Å². The number of carbonyl (C=O) groups excluding carboxylic acids is 2. The summed E-state index contributed by atoms with van der Waals surface area (Å²) in [6.45, 7) is 1.83. The van der Waals surface area contributed by atoms with Crippen LogP contribution in [0.2, 0.25) is 0 Å². The van der Waals surface area contributed by atoms with Crippen LogP contribution in [0.1, 0.15) is 27.5 Å². The number of amides is 1. The number of aryl methyl sites for hydroxylation is 1. The van der Waals surface area contributed by atoms with E-state index in [1.54, 1.807) is 72.8 Å². The highest BCUT2D eigenvalue weighted by atomic mass is 35.5. The van der Waals surface area contributed by atoms with Crippen molar-refractivity contribution in [2.45, 2.75) is 28.7 Å². The molecule has 0 saturated heterocycles. The second-order valence-electron chi connectivity index (χ2n) is 7.34. The van der Waals surface area contributed by atoms with Crippen molar-refractivity contribution < 1.29 is 18.0 Å². The van der Waals surface area contributed by atoms with Crippen molar-refractivity contribution in [1.29, 1.82) is 0 Å². The maximum Gasteiger partial charge on any atom is 0.253 e. The van der Waals surface area contributed by atoms with Crippen LogP contribution in [0.4, 0.5) is 0 Å². The molecule has 0 spiro atoms. The molecule has 0 radical (unpaired) electrons. The Kier molecular flexibility index (Phi) is 8.26. The summed E-state index contributed by atoms with van der Waals surface area (Å²) in [5.41, 5.74) is 1.66. The molecule has 0 aliphatic rings. The monoisotopic (exact) mass is 504 g/mol. The standard InChI is InChI=1S/C24H22Cl2N2O4S/c1-16-12-14-19(15-13-16)33(31,32)28-21(22(29)18-10-6-3-7-11-18)20(27-24(30)23(25)26)17-8-4-2-5-9-17/h2-15,20-21,23,28H,1H3,(H,27,30). The highest BCUT2D eigenvalue weighted by Crippen LogP contribution is 2.23. The molecule has 0 fully saturated rings. The Balaban J connectivity index is 2.09. The largest absolute Gasteiger partial charge is 0.345 e. The van der Waals surface area contributed by atoms with Gasteiger partial charge in [-0.15, -0.1) is 0 Å². The summed E-state index contributed by atoms with van der Waals surface area (Å²) >= 11 is 11.5. The number of Topliss-reactive ketones (excluding diaryl/α,β-unsaturated/α-hetero) is 1. The summed E-state index contributed by atoms with van der Waals surface area (Å²) in [7, 11) is -4.13. The summed E-state index contributed by atoms with van der Waals surface area (Å²) < 4.78 is 28.9. The van der Waals surface area contributed by atoms with Crippen molar-refractivity contribution in [3.8, 4) is 0 Å². The van der Waals surface area contributed by atoms with E-state index < -0.39 is 38.6 Å². The van der Waals surface area contributed by atoms with Crippen LogP contribution in [0.25, 0.3) is 0 Å². The van der Waals surface area contributed by atoms with Crippen LogP contribution in [-0.4, -0.2) is 31.0 Å². The highest BCUT2D eigenvalue weighted by molar-refractivity contribution is 7.89. The van der Waals surface area contributed by atoms with Gasteiger partial charge in [0.25, 0.3) is 5.91 Å². The summed E-state index contributed by atoms with van der Waals surface area (Å²) in [6, 6.07) is 20.5. The SMILES string of the molecule is Cc1ccc(S(=O)(=O)NC(C(=O)c2ccccc2)C(NC(=O)C(Cl)Cl)c2ccccc2)cc1. The van der Waals surface area contributed by atoms with E-state index in [0.29, 0.717) is 5.56 Å². The average Bonchev–Trinajstić information content (AvgIpc) is 2.82. The third-order valence-electron chi connectivity index (χ3n) is 4.94. The first-order valence-corrected chi connectivity index (χ1v) is 12.4. The van der Waals surface area contributed by atoms with E-state index in [4.69, 9.17) is 23.2 Å². The molecule has 0 aromatic heterocycles. The average molecular weight is 505 g/mol. The van der Waals surface area contributed by atoms with Gasteiger partial charge in [-0.25, -0.2) is 8.42 Å². The van der Waals surface area contributed by atoms with Gasteiger partial charge < -0.3 is 5.32 Å². The summed E-state index contributed by atoms with van der Waals surface area (Å²) in [6.07, 6.45) is 0. The minimum Gasteiger partial charge on any atom is -0.345 e. The number of nitrogens with one attached hydrogen (secondary N) is 2. The second kappa shape index (κ2) is 10.9. The molecule has 2 N–H and O–H groups in total. The lowest BCUT2D eigenvalue weighted by molar-refractivity contribution is -0.120. The first-order chi connectivity index (χ1) is 15.7. The normalized spacial score (nSPS) is 13.3. The van der Waals surface area contributed by atoms with E-state index >= 15 is 0 Å². The predicted octanol–water partition coefficient (Wildman–Crippen LogP) is 4.19. The van der Waals surface area contributed by atoms with Gasteiger partial charge in [-0.3, -0.25) is 9.59 Å². The fourth-order valence-electron chi connectivity index (χ4n) is 3.24. The van der Waals surface area contributed by atoms with Gasteiger partial charge in [0, 0.05) is 5.56 Å². The summed E-state index contributed by atoms with van der Waals surface area (Å²) in [5, 5.41) is 2.62. The molecule has 172 valence electrons. The first-order valence-electron chi connectivity index (χ1n) is 10.0. The lowest BCUT2D eigenvalue weighted by Gasteiger charge is -2.28. The number of rotatable bonds is 9. The van der Waals surface area contributed by atoms with Crippen LogP contribution in [0.15, 0.2) is 89.8 Å². The Morgan fingerprint density at radius 2 is 1.36 bits per heavy atom. The Morgan fingerprint density at radius 3 is 1.91 bits per heavy atom. The Bertz CT molecular complexity index is 1200. The fourth-order valence-corrected chi connectivity index (χ4v) is 4.58. The van der Waals surface area contributed by atoms with E-state index in [1.165, 1.54) is 12.1 Å². The van der Waals surface area contributed by atoms with Crippen LogP contribution in [0, 0.1) is 6.92 Å². The van der Waals surface area contributed by atoms with Gasteiger partial charge in [0.1, 0.15) is 6.04 Å². The Labute approximate surface area is 203 Å². The zero-order chi connectivity index (χ0) is 24.0. The highest BCUT2D eigenvalue weighted by Gasteiger charge is 2.36. The molecular formula is C24H22Cl2N2O4S. The molecule has 6 nitrogen and oxygen atoms in total. The van der Waals surface area contributed by atoms with Gasteiger partial charge in [0.15, 0.2) is 10.6 Å². The van der Waals surface area contributed by atoms with E-state index in [-0.39, 0.29) is 10.5 Å². The van der Waals surface area contributed by atoms with E-state index in [9.17, 15) is 18.0 Å². The number of ketones is 1. The van der Waals surface area contributed by atoms with Gasteiger partial charge >= 0.3 is 0 Å². The number of benzene rings is 3. The molecule has 0 saturated carbocycles. The van der Waals surface area contributed by atoms with Gasteiger partial charge in [-0.2, -0.15) is 4.72 Å². The van der Waals surface area contributed by atoms with Crippen molar-refractivity contribution in [1.82, 2.24) is 10.0 Å². The lowest BCUT2D eigenvalue weighted by Crippen LogP contribution is -2.51. The zero-order valence-corrected chi connectivity index (χ0v) is 19.9. The maximum absolute atomic E-state index is 13.5. The van der Waals surface area contributed by atoms with Crippen LogP contribution in [0.3, 0.4) is 0 Å². The number of sulfonamides is 1. The molecule has 3 rings (SSSR count). The maximum atomic E-state index is 13.5. The van der Waals surface area contributed by atoms with Crippen LogP contribution in [0.5, 0.6) is 0 Å². The minimum atomic E-state index is -4.13. The number of carbonyl (C=O) groups is 2. The van der Waals surface area contributed by atoms with Crippen molar-refractivity contribution in [3.63, 3.8) is 0 Å². The molecule has 2 atom stereocenters. The molecule has 3 aromatic carbocycles. The Morgan fingerprint density at radius 1 is 0.818 bits per heavy atom. The van der Waals surface area contributed by atoms with Gasteiger partial charge in [0.05, 0.1) is 10.9 Å². The molecule has 2 unspecified atom stereocenters. The van der Waals surface area contributed by atoms with Crippen molar-refractivity contribution >= 4 is 44.9 Å². The van der Waals surface area contributed by atoms with Crippen molar-refractivity contribution in [3.05, 3.63) is 102 Å². The molecule has 0 aliphatic heterocycles. The predicted molar refractivity (Wildman–Crippen MR) is 129 cm³/mol. The molecule has 0 heterocycles. The molecule has 3 aromatic rings. The summed E-state index contributed by atoms with van der Waals surface area (Å²) in [5.74, 6) is -1.28. The Hall–Kier alpha value is -2.71. The van der Waals surface area contributed by atoms with E-state index in [0.717, 1.165) is 5.56 Å². The number of alkyl halides is 2. The van der Waals surface area contributed by atoms with Gasteiger partial charge in [0.2, 0.25) is 10.0 Å². The van der Waals surface area contributed by atoms with Crippen molar-refractivity contribution in [2.24, 2.45) is 0 Å². The first kappa shape index (κ1) is 24.9. The number of hydrogen-bond acceptors (Lipinski definition) is 4. The number of halogens is 2. The zero-order valence-electron chi connectivity index (χ0n) is 17.6. The number of hydrogen-bond donors (Lipinski definition) is 2. The molecule has 0 bridgehead atoms. The lowest BCUT2D eigenvalue weighted by atomic mass is 9.93. The molecular weight excluding hydrogens is 483 g/mol. The smallest absolute Gasteiger partial charge is 0.253 e. The molecule has 1 amide bonds. The second-order valence-corrected chi connectivity index (χ2v) is 10.2. The topological polar surface area (TPSA) is 92.3 Å². The third kappa shape index (κ3) is 6.42. The van der Waals surface area contributed by atoms with Crippen molar-refractivity contribution in [2.75, 3.05) is 0 Å². The quantitative estimate of drug-likeness (QED) is 0.337. The molecule has 9 heteroatoms. The molecule has 33 heavy (non-hydrogen) atoms. The van der Waals surface area contributed by atoms with Crippen LogP contribution < -0.4 is 10.0 Å². The van der Waals surface area contributed by atoms with E-state index in [1.807, 2.05) is 6.92 Å². The molecule has 0 aliphatic carbocycles. The minimum absolute atomic E-state index is 0.00957. The summed E-state index contributed by atoms with van der Waals surface area (Å²) in [4.78, 5) is 24.5.